The zero-order chi connectivity index (χ0) is 15.4. The molecule has 0 aliphatic heterocycles. The lowest BCUT2D eigenvalue weighted by atomic mass is 10.1. The average molecular weight is 333 g/mol. The van der Waals surface area contributed by atoms with E-state index in [-0.39, 0.29) is 13.5 Å². The van der Waals surface area contributed by atoms with Crippen LogP contribution in [-0.2, 0) is 4.74 Å². The van der Waals surface area contributed by atoms with Crippen LogP contribution in [0.4, 0.5) is 0 Å². The maximum absolute atomic E-state index is 5.72. The van der Waals surface area contributed by atoms with Crippen molar-refractivity contribution in [2.24, 2.45) is 0 Å². The Morgan fingerprint density at radius 2 is 0.682 bits per heavy atom. The minimum Gasteiger partial charge on any atom is -0.381 e. The van der Waals surface area contributed by atoms with E-state index in [1.165, 1.54) is 103 Å². The van der Waals surface area contributed by atoms with Crippen LogP contribution >= 0.6 is 13.5 Å². The summed E-state index contributed by atoms with van der Waals surface area (Å²) >= 11 is 0. The highest BCUT2D eigenvalue weighted by atomic mass is 32.1. The fourth-order valence-electron chi connectivity index (χ4n) is 2.78. The van der Waals surface area contributed by atoms with Crippen molar-refractivity contribution in [3.63, 3.8) is 0 Å². The molecule has 0 atom stereocenters. The van der Waals surface area contributed by atoms with Gasteiger partial charge in [0.2, 0.25) is 0 Å². The Balaban J connectivity index is 0. The van der Waals surface area contributed by atoms with Gasteiger partial charge in [-0.3, -0.25) is 0 Å². The van der Waals surface area contributed by atoms with Crippen molar-refractivity contribution >= 4 is 13.5 Å². The Bertz CT molecular complexity index is 155. The summed E-state index contributed by atoms with van der Waals surface area (Å²) in [4.78, 5) is 0. The summed E-state index contributed by atoms with van der Waals surface area (Å²) in [6.45, 7) is 6.55. The van der Waals surface area contributed by atoms with E-state index in [9.17, 15) is 0 Å². The fraction of sp³-hybridized carbons (Fsp3) is 1.00. The lowest BCUT2D eigenvalue weighted by molar-refractivity contribution is 0.125. The van der Waals surface area contributed by atoms with Crippen LogP contribution in [0, 0.1) is 0 Å². The first-order valence-electron chi connectivity index (χ1n) is 9.99. The van der Waals surface area contributed by atoms with Crippen LogP contribution in [0.2, 0.25) is 0 Å². The van der Waals surface area contributed by atoms with Crippen molar-refractivity contribution in [2.75, 3.05) is 13.2 Å². The molecule has 0 bridgehead atoms. The van der Waals surface area contributed by atoms with Gasteiger partial charge in [-0.1, -0.05) is 104 Å². The van der Waals surface area contributed by atoms with E-state index in [1.54, 1.807) is 0 Å². The van der Waals surface area contributed by atoms with Crippen LogP contribution in [0.15, 0.2) is 0 Å². The van der Waals surface area contributed by atoms with E-state index >= 15 is 0 Å². The topological polar surface area (TPSA) is 9.23 Å². The predicted molar refractivity (Wildman–Crippen MR) is 106 cm³/mol. The van der Waals surface area contributed by atoms with Gasteiger partial charge in [0.25, 0.3) is 0 Å². The van der Waals surface area contributed by atoms with E-state index in [2.05, 4.69) is 13.8 Å². The van der Waals surface area contributed by atoms with Gasteiger partial charge in [0.15, 0.2) is 0 Å². The molecule has 0 amide bonds. The summed E-state index contributed by atoms with van der Waals surface area (Å²) in [5, 5.41) is 0. The lowest BCUT2D eigenvalue weighted by Gasteiger charge is -2.05. The van der Waals surface area contributed by atoms with Crippen LogP contribution < -0.4 is 0 Å². The van der Waals surface area contributed by atoms with Gasteiger partial charge in [-0.15, -0.1) is 0 Å². The highest BCUT2D eigenvalue weighted by molar-refractivity contribution is 7.59. The zero-order valence-corrected chi connectivity index (χ0v) is 16.6. The first-order valence-corrected chi connectivity index (χ1v) is 9.99. The summed E-state index contributed by atoms with van der Waals surface area (Å²) in [5.41, 5.74) is 0. The Morgan fingerprint density at radius 3 is 1.00 bits per heavy atom. The molecule has 136 valence electrons. The Kier molecular flexibility index (Phi) is 26.3. The van der Waals surface area contributed by atoms with Crippen molar-refractivity contribution in [1.82, 2.24) is 0 Å². The summed E-state index contributed by atoms with van der Waals surface area (Å²) in [6, 6.07) is 0. The molecule has 0 aliphatic carbocycles. The van der Waals surface area contributed by atoms with E-state index in [4.69, 9.17) is 4.74 Å². The summed E-state index contributed by atoms with van der Waals surface area (Å²) in [5.74, 6) is 0. The molecular weight excluding hydrogens is 288 g/mol. The molecule has 0 aliphatic rings. The third-order valence-electron chi connectivity index (χ3n) is 4.28. The Labute approximate surface area is 148 Å². The van der Waals surface area contributed by atoms with Gasteiger partial charge in [0.1, 0.15) is 0 Å². The van der Waals surface area contributed by atoms with Gasteiger partial charge >= 0.3 is 0 Å². The standard InChI is InChI=1S/C20H42O.H2S/c1-3-5-7-9-11-13-15-17-19-21-20-18-16-14-12-10-8-6-4-2;/h3-20H2,1-2H3;1H2. The molecule has 2 heteroatoms. The van der Waals surface area contributed by atoms with Gasteiger partial charge < -0.3 is 4.74 Å². The van der Waals surface area contributed by atoms with Crippen LogP contribution in [-0.4, -0.2) is 13.2 Å². The zero-order valence-electron chi connectivity index (χ0n) is 15.6. The van der Waals surface area contributed by atoms with E-state index in [0.717, 1.165) is 13.2 Å². The van der Waals surface area contributed by atoms with Gasteiger partial charge in [-0.05, 0) is 12.8 Å². The summed E-state index contributed by atoms with van der Waals surface area (Å²) in [6.07, 6.45) is 22.2. The van der Waals surface area contributed by atoms with E-state index in [0.29, 0.717) is 0 Å². The number of hydrogen-bond acceptors (Lipinski definition) is 1. The van der Waals surface area contributed by atoms with E-state index < -0.39 is 0 Å². The molecule has 0 saturated heterocycles. The first-order chi connectivity index (χ1) is 10.4. The van der Waals surface area contributed by atoms with Crippen molar-refractivity contribution < 1.29 is 4.74 Å². The highest BCUT2D eigenvalue weighted by Gasteiger charge is 1.94. The van der Waals surface area contributed by atoms with Crippen LogP contribution in [0.1, 0.15) is 117 Å². The van der Waals surface area contributed by atoms with Gasteiger partial charge in [-0.25, -0.2) is 0 Å². The van der Waals surface area contributed by atoms with Gasteiger partial charge in [0.05, 0.1) is 0 Å². The largest absolute Gasteiger partial charge is 0.381 e. The molecule has 0 aromatic heterocycles. The van der Waals surface area contributed by atoms with Crippen molar-refractivity contribution in [1.29, 1.82) is 0 Å². The summed E-state index contributed by atoms with van der Waals surface area (Å²) < 4.78 is 5.72. The molecule has 0 aromatic carbocycles. The van der Waals surface area contributed by atoms with Crippen LogP contribution in [0.5, 0.6) is 0 Å². The number of hydrogen-bond donors (Lipinski definition) is 0. The molecule has 0 rings (SSSR count). The molecule has 0 saturated carbocycles. The summed E-state index contributed by atoms with van der Waals surface area (Å²) in [7, 11) is 0. The molecule has 0 radical (unpaired) electrons. The molecule has 0 spiro atoms. The molecule has 0 unspecified atom stereocenters. The monoisotopic (exact) mass is 332 g/mol. The van der Waals surface area contributed by atoms with Gasteiger partial charge in [-0.2, -0.15) is 13.5 Å². The molecular formula is C20H44OS. The van der Waals surface area contributed by atoms with Crippen molar-refractivity contribution in [2.45, 2.75) is 117 Å². The minimum atomic E-state index is 0. The number of unbranched alkanes of at least 4 members (excludes halogenated alkanes) is 14. The van der Waals surface area contributed by atoms with Crippen LogP contribution in [0.3, 0.4) is 0 Å². The fourth-order valence-corrected chi connectivity index (χ4v) is 2.78. The normalized spacial score (nSPS) is 10.6. The second kappa shape index (κ2) is 23.6. The molecule has 0 aromatic rings. The third-order valence-corrected chi connectivity index (χ3v) is 4.28. The smallest absolute Gasteiger partial charge is 0.0466 e. The second-order valence-electron chi connectivity index (χ2n) is 6.56. The van der Waals surface area contributed by atoms with Gasteiger partial charge in [0, 0.05) is 13.2 Å². The number of rotatable bonds is 18. The highest BCUT2D eigenvalue weighted by Crippen LogP contribution is 2.10. The van der Waals surface area contributed by atoms with E-state index in [1.807, 2.05) is 0 Å². The maximum Gasteiger partial charge on any atom is 0.0466 e. The average Bonchev–Trinajstić information content (AvgIpc) is 2.50. The minimum absolute atomic E-state index is 0. The lowest BCUT2D eigenvalue weighted by Crippen LogP contribution is -1.97. The molecule has 0 fully saturated rings. The predicted octanol–water partition coefficient (Wildman–Crippen LogP) is 7.40. The van der Waals surface area contributed by atoms with Crippen LogP contribution in [0.25, 0.3) is 0 Å². The SMILES string of the molecule is CCCCCCCCCCOCCCCCCCCCC.S. The third kappa shape index (κ3) is 22.6. The van der Waals surface area contributed by atoms with Crippen molar-refractivity contribution in [3.8, 4) is 0 Å². The molecule has 0 heterocycles. The number of ether oxygens (including phenoxy) is 1. The maximum atomic E-state index is 5.72. The van der Waals surface area contributed by atoms with Crippen molar-refractivity contribution in [3.05, 3.63) is 0 Å². The quantitative estimate of drug-likeness (QED) is 0.238. The molecule has 22 heavy (non-hydrogen) atoms. The first kappa shape index (κ1) is 24.6. The Hall–Kier alpha value is 0.310. The second-order valence-corrected chi connectivity index (χ2v) is 6.56. The Morgan fingerprint density at radius 1 is 0.409 bits per heavy atom. The molecule has 0 N–H and O–H groups in total. The molecule has 1 nitrogen and oxygen atoms in total.